The Morgan fingerprint density at radius 3 is 2.39 bits per heavy atom. The molecule has 4 aromatic rings. The lowest BCUT2D eigenvalue weighted by atomic mass is 10.0. The highest BCUT2D eigenvalue weighted by Crippen LogP contribution is 2.31. The first kappa shape index (κ1) is 17.6. The zero-order valence-corrected chi connectivity index (χ0v) is 15.2. The van der Waals surface area contributed by atoms with Crippen LogP contribution in [0.1, 0.15) is 16.7 Å². The van der Waals surface area contributed by atoms with Gasteiger partial charge in [0.2, 0.25) is 0 Å². The normalized spacial score (nSPS) is 10.6. The van der Waals surface area contributed by atoms with Crippen LogP contribution in [0.2, 0.25) is 0 Å². The summed E-state index contributed by atoms with van der Waals surface area (Å²) in [7, 11) is 0. The molecule has 0 amide bonds. The Morgan fingerprint density at radius 2 is 1.71 bits per heavy atom. The minimum atomic E-state index is -0.316. The van der Waals surface area contributed by atoms with Crippen molar-refractivity contribution >= 4 is 0 Å². The van der Waals surface area contributed by atoms with Crippen molar-refractivity contribution < 1.29 is 4.39 Å². The topological polar surface area (TPSA) is 67.4 Å². The van der Waals surface area contributed by atoms with Gasteiger partial charge in [0.05, 0.1) is 12.2 Å². The molecule has 28 heavy (non-hydrogen) atoms. The lowest BCUT2D eigenvalue weighted by Gasteiger charge is -2.09. The van der Waals surface area contributed by atoms with E-state index < -0.39 is 0 Å². The highest BCUT2D eigenvalue weighted by molar-refractivity contribution is 5.76. The molecule has 0 fully saturated rings. The SMILES string of the molecule is Cc1ccc(-c2c(C#N)c(-c3ncccn3)nn2Cc2ccccc2F)cc1. The van der Waals surface area contributed by atoms with Gasteiger partial charge in [-0.3, -0.25) is 4.68 Å². The van der Waals surface area contributed by atoms with Gasteiger partial charge in [-0.15, -0.1) is 0 Å². The number of aromatic nitrogens is 4. The van der Waals surface area contributed by atoms with Gasteiger partial charge in [-0.2, -0.15) is 10.4 Å². The molecule has 0 unspecified atom stereocenters. The summed E-state index contributed by atoms with van der Waals surface area (Å²) < 4.78 is 15.9. The van der Waals surface area contributed by atoms with E-state index in [1.807, 2.05) is 31.2 Å². The van der Waals surface area contributed by atoms with Crippen LogP contribution in [0.4, 0.5) is 4.39 Å². The summed E-state index contributed by atoms with van der Waals surface area (Å²) in [6.45, 7) is 2.19. The third kappa shape index (κ3) is 3.26. The molecule has 0 bridgehead atoms. The van der Waals surface area contributed by atoms with E-state index in [-0.39, 0.29) is 12.4 Å². The third-order valence-electron chi connectivity index (χ3n) is 4.44. The molecule has 136 valence electrons. The van der Waals surface area contributed by atoms with Gasteiger partial charge in [0, 0.05) is 23.5 Å². The van der Waals surface area contributed by atoms with E-state index in [1.165, 1.54) is 6.07 Å². The van der Waals surface area contributed by atoms with Crippen molar-refractivity contribution in [2.24, 2.45) is 0 Å². The second-order valence-electron chi connectivity index (χ2n) is 6.37. The van der Waals surface area contributed by atoms with Crippen LogP contribution >= 0.6 is 0 Å². The number of rotatable bonds is 4. The molecule has 2 heterocycles. The standard InChI is InChI=1S/C22H16FN5/c1-15-7-9-16(10-8-15)21-18(13-24)20(22-25-11-4-12-26-22)27-28(21)14-17-5-2-3-6-19(17)23/h2-12H,14H2,1H3. The van der Waals surface area contributed by atoms with E-state index >= 15 is 0 Å². The Balaban J connectivity index is 1.93. The largest absolute Gasteiger partial charge is 0.258 e. The summed E-state index contributed by atoms with van der Waals surface area (Å²) in [6, 6.07) is 18.3. The van der Waals surface area contributed by atoms with Crippen LogP contribution in [-0.4, -0.2) is 19.7 Å². The summed E-state index contributed by atoms with van der Waals surface area (Å²) in [5.74, 6) is 0.0450. The average Bonchev–Trinajstić information content (AvgIpc) is 3.09. The van der Waals surface area contributed by atoms with Crippen LogP contribution < -0.4 is 0 Å². The minimum absolute atomic E-state index is 0.192. The number of nitrogens with zero attached hydrogens (tertiary/aromatic N) is 5. The van der Waals surface area contributed by atoms with Gasteiger partial charge >= 0.3 is 0 Å². The molecular formula is C22H16FN5. The number of nitriles is 1. The molecule has 5 nitrogen and oxygen atoms in total. The molecular weight excluding hydrogens is 353 g/mol. The molecule has 2 aromatic heterocycles. The second-order valence-corrected chi connectivity index (χ2v) is 6.37. The number of hydrogen-bond donors (Lipinski definition) is 0. The van der Waals surface area contributed by atoms with Crippen LogP contribution in [-0.2, 0) is 6.54 Å². The molecule has 0 saturated heterocycles. The zero-order valence-electron chi connectivity index (χ0n) is 15.2. The molecule has 0 spiro atoms. The molecule has 0 aliphatic carbocycles. The van der Waals surface area contributed by atoms with Crippen molar-refractivity contribution in [2.45, 2.75) is 13.5 Å². The fourth-order valence-corrected chi connectivity index (χ4v) is 3.05. The summed E-state index contributed by atoms with van der Waals surface area (Å²) in [6.07, 6.45) is 3.20. The fourth-order valence-electron chi connectivity index (χ4n) is 3.05. The third-order valence-corrected chi connectivity index (χ3v) is 4.44. The van der Waals surface area contributed by atoms with Crippen molar-refractivity contribution in [3.63, 3.8) is 0 Å². The number of halogens is 1. The Kier molecular flexibility index (Phi) is 4.65. The van der Waals surface area contributed by atoms with E-state index in [0.29, 0.717) is 28.3 Å². The van der Waals surface area contributed by atoms with Gasteiger partial charge in [-0.1, -0.05) is 48.0 Å². The van der Waals surface area contributed by atoms with Gasteiger partial charge in [0.15, 0.2) is 5.82 Å². The molecule has 0 atom stereocenters. The maximum Gasteiger partial charge on any atom is 0.181 e. The summed E-state index contributed by atoms with van der Waals surface area (Å²) in [5, 5.41) is 14.5. The first-order valence-electron chi connectivity index (χ1n) is 8.76. The van der Waals surface area contributed by atoms with E-state index in [1.54, 1.807) is 41.3 Å². The van der Waals surface area contributed by atoms with Crippen LogP contribution in [0, 0.1) is 24.1 Å². The Bertz CT molecular complexity index is 1160. The Hall–Kier alpha value is -3.85. The van der Waals surface area contributed by atoms with Crippen molar-refractivity contribution in [3.05, 3.63) is 89.5 Å². The smallest absolute Gasteiger partial charge is 0.181 e. The average molecular weight is 369 g/mol. The van der Waals surface area contributed by atoms with Crippen molar-refractivity contribution in [1.29, 1.82) is 5.26 Å². The fraction of sp³-hybridized carbons (Fsp3) is 0.0909. The first-order chi connectivity index (χ1) is 13.7. The number of benzene rings is 2. The van der Waals surface area contributed by atoms with E-state index in [0.717, 1.165) is 11.1 Å². The molecule has 6 heteroatoms. The summed E-state index contributed by atoms with van der Waals surface area (Å²) >= 11 is 0. The van der Waals surface area contributed by atoms with Crippen LogP contribution in [0.25, 0.3) is 22.8 Å². The van der Waals surface area contributed by atoms with Crippen molar-refractivity contribution in [3.8, 4) is 28.8 Å². The van der Waals surface area contributed by atoms with Gasteiger partial charge < -0.3 is 0 Å². The lowest BCUT2D eigenvalue weighted by Crippen LogP contribution is -2.06. The van der Waals surface area contributed by atoms with Gasteiger partial charge in [-0.05, 0) is 19.1 Å². The van der Waals surface area contributed by atoms with Crippen molar-refractivity contribution in [2.75, 3.05) is 0 Å². The van der Waals surface area contributed by atoms with Gasteiger partial charge in [0.1, 0.15) is 23.1 Å². The maximum absolute atomic E-state index is 14.2. The summed E-state index contributed by atoms with van der Waals surface area (Å²) in [5.41, 5.74) is 3.79. The molecule has 0 aliphatic heterocycles. The Labute approximate surface area is 161 Å². The molecule has 4 rings (SSSR count). The highest BCUT2D eigenvalue weighted by atomic mass is 19.1. The minimum Gasteiger partial charge on any atom is -0.258 e. The highest BCUT2D eigenvalue weighted by Gasteiger charge is 2.22. The lowest BCUT2D eigenvalue weighted by molar-refractivity contribution is 0.587. The molecule has 0 radical (unpaired) electrons. The Morgan fingerprint density at radius 1 is 1.00 bits per heavy atom. The zero-order chi connectivity index (χ0) is 19.5. The maximum atomic E-state index is 14.2. The first-order valence-corrected chi connectivity index (χ1v) is 8.76. The molecule has 0 N–H and O–H groups in total. The van der Waals surface area contributed by atoms with Gasteiger partial charge in [-0.25, -0.2) is 14.4 Å². The molecule has 0 aliphatic rings. The number of hydrogen-bond acceptors (Lipinski definition) is 4. The van der Waals surface area contributed by atoms with E-state index in [2.05, 4.69) is 21.1 Å². The predicted molar refractivity (Wildman–Crippen MR) is 104 cm³/mol. The van der Waals surface area contributed by atoms with Crippen molar-refractivity contribution in [1.82, 2.24) is 19.7 Å². The molecule has 0 saturated carbocycles. The molecule has 2 aromatic carbocycles. The van der Waals surface area contributed by atoms with Gasteiger partial charge in [0.25, 0.3) is 0 Å². The number of aryl methyl sites for hydroxylation is 1. The monoisotopic (exact) mass is 369 g/mol. The van der Waals surface area contributed by atoms with E-state index in [4.69, 9.17) is 0 Å². The van der Waals surface area contributed by atoms with Crippen LogP contribution in [0.5, 0.6) is 0 Å². The van der Waals surface area contributed by atoms with E-state index in [9.17, 15) is 9.65 Å². The summed E-state index contributed by atoms with van der Waals surface area (Å²) in [4.78, 5) is 8.46. The quantitative estimate of drug-likeness (QED) is 0.535. The van der Waals surface area contributed by atoms with Crippen LogP contribution in [0.15, 0.2) is 67.0 Å². The second kappa shape index (κ2) is 7.41. The predicted octanol–water partition coefficient (Wildman–Crippen LogP) is 4.37. The van der Waals surface area contributed by atoms with Crippen LogP contribution in [0.3, 0.4) is 0 Å².